The minimum absolute atomic E-state index is 0.167. The van der Waals surface area contributed by atoms with Gasteiger partial charge in [0.05, 0.1) is 7.11 Å². The van der Waals surface area contributed by atoms with E-state index in [0.717, 1.165) is 41.5 Å². The zero-order valence-corrected chi connectivity index (χ0v) is 12.8. The van der Waals surface area contributed by atoms with Gasteiger partial charge in [0.2, 0.25) is 4.96 Å². The van der Waals surface area contributed by atoms with Gasteiger partial charge < -0.3 is 4.74 Å². The molecular formula is C14H18N4O2S. The second kappa shape index (κ2) is 5.05. The Morgan fingerprint density at radius 2 is 2.05 bits per heavy atom. The van der Waals surface area contributed by atoms with Gasteiger partial charge in [-0.2, -0.15) is 9.61 Å². The third kappa shape index (κ3) is 2.23. The molecule has 4 rings (SSSR count). The van der Waals surface area contributed by atoms with E-state index < -0.39 is 0 Å². The molecule has 2 fully saturated rings. The number of carbonyl (C=O) groups is 1. The van der Waals surface area contributed by atoms with Gasteiger partial charge in [0.15, 0.2) is 5.82 Å². The second-order valence-corrected chi connectivity index (χ2v) is 7.00. The van der Waals surface area contributed by atoms with Crippen LogP contribution in [0.3, 0.4) is 0 Å². The number of aromatic nitrogens is 4. The minimum atomic E-state index is -0.240. The Morgan fingerprint density at radius 3 is 2.71 bits per heavy atom. The maximum Gasteiger partial charge on any atom is 0.315 e. The first-order chi connectivity index (χ1) is 10.3. The van der Waals surface area contributed by atoms with Crippen LogP contribution in [0.2, 0.25) is 0 Å². The topological polar surface area (TPSA) is 69.4 Å². The summed E-state index contributed by atoms with van der Waals surface area (Å²) in [4.78, 5) is 13.0. The highest BCUT2D eigenvalue weighted by Crippen LogP contribution is 2.42. The summed E-state index contributed by atoms with van der Waals surface area (Å²) in [5.74, 6) is 1.39. The third-order valence-corrected chi connectivity index (χ3v) is 5.55. The molecule has 2 aromatic heterocycles. The summed E-state index contributed by atoms with van der Waals surface area (Å²) in [5, 5.41) is 13.9. The van der Waals surface area contributed by atoms with Crippen molar-refractivity contribution in [1.82, 2.24) is 19.8 Å². The maximum atomic E-state index is 12.2. The van der Waals surface area contributed by atoms with Crippen LogP contribution < -0.4 is 0 Å². The quantitative estimate of drug-likeness (QED) is 0.812. The number of nitrogens with zero attached hydrogens (tertiary/aromatic N) is 4. The Balaban J connectivity index is 1.72. The summed E-state index contributed by atoms with van der Waals surface area (Å²) in [7, 11) is 1.46. The number of hydrogen-bond acceptors (Lipinski definition) is 6. The van der Waals surface area contributed by atoms with E-state index in [4.69, 9.17) is 4.74 Å². The van der Waals surface area contributed by atoms with Crippen LogP contribution >= 0.6 is 11.3 Å². The fraction of sp³-hybridized carbons (Fsp3) is 0.714. The molecule has 112 valence electrons. The standard InChI is InChI=1S/C14H18N4O2S/c1-20-13(19)10(8-4-2-3-5-8)12-17-18-11(9-6-7-9)15-16-14(18)21-12/h8-10H,2-7H2,1H3. The normalized spacial score (nSPS) is 21.0. The average molecular weight is 306 g/mol. The molecule has 0 aliphatic heterocycles. The lowest BCUT2D eigenvalue weighted by Crippen LogP contribution is -2.21. The summed E-state index contributed by atoms with van der Waals surface area (Å²) in [6, 6.07) is 0. The predicted molar refractivity (Wildman–Crippen MR) is 77.3 cm³/mol. The van der Waals surface area contributed by atoms with Crippen molar-refractivity contribution in [3.05, 3.63) is 10.8 Å². The Bertz CT molecular complexity index is 670. The molecule has 0 N–H and O–H groups in total. The molecule has 2 heterocycles. The zero-order chi connectivity index (χ0) is 14.4. The molecule has 2 aromatic rings. The Kier molecular flexibility index (Phi) is 3.17. The molecule has 1 atom stereocenters. The maximum absolute atomic E-state index is 12.2. The van der Waals surface area contributed by atoms with Crippen molar-refractivity contribution in [1.29, 1.82) is 0 Å². The molecule has 2 aliphatic rings. The number of carbonyl (C=O) groups excluding carboxylic acids is 1. The molecule has 0 saturated heterocycles. The fourth-order valence-corrected chi connectivity index (χ4v) is 4.31. The fourth-order valence-electron chi connectivity index (χ4n) is 3.28. The van der Waals surface area contributed by atoms with Crippen molar-refractivity contribution in [2.24, 2.45) is 5.92 Å². The first-order valence-corrected chi connectivity index (χ1v) is 8.39. The molecule has 0 amide bonds. The van der Waals surface area contributed by atoms with Gasteiger partial charge in [-0.05, 0) is 31.6 Å². The van der Waals surface area contributed by atoms with Gasteiger partial charge in [-0.25, -0.2) is 0 Å². The Hall–Kier alpha value is -1.50. The monoisotopic (exact) mass is 306 g/mol. The minimum Gasteiger partial charge on any atom is -0.468 e. The van der Waals surface area contributed by atoms with Crippen molar-refractivity contribution in [2.45, 2.75) is 50.4 Å². The Morgan fingerprint density at radius 1 is 1.29 bits per heavy atom. The van der Waals surface area contributed by atoms with E-state index in [2.05, 4.69) is 15.3 Å². The van der Waals surface area contributed by atoms with Gasteiger partial charge in [0, 0.05) is 5.92 Å². The van der Waals surface area contributed by atoms with Crippen LogP contribution in [0, 0.1) is 5.92 Å². The predicted octanol–water partition coefficient (Wildman–Crippen LogP) is 2.51. The van der Waals surface area contributed by atoms with Crippen molar-refractivity contribution in [2.75, 3.05) is 7.11 Å². The first kappa shape index (κ1) is 13.2. The molecule has 2 saturated carbocycles. The van der Waals surface area contributed by atoms with E-state index in [0.29, 0.717) is 11.8 Å². The highest BCUT2D eigenvalue weighted by atomic mass is 32.1. The molecule has 7 heteroatoms. The average Bonchev–Trinajstić information content (AvgIpc) is 2.91. The van der Waals surface area contributed by atoms with Crippen LogP contribution in [0.15, 0.2) is 0 Å². The van der Waals surface area contributed by atoms with Gasteiger partial charge in [-0.3, -0.25) is 4.79 Å². The molecule has 0 aromatic carbocycles. The van der Waals surface area contributed by atoms with Gasteiger partial charge in [0.1, 0.15) is 10.9 Å². The summed E-state index contributed by atoms with van der Waals surface area (Å²) < 4.78 is 6.86. The van der Waals surface area contributed by atoms with Gasteiger partial charge in [0.25, 0.3) is 0 Å². The largest absolute Gasteiger partial charge is 0.468 e. The SMILES string of the molecule is COC(=O)C(c1nn2c(C3CC3)nnc2s1)C1CCCC1. The van der Waals surface area contributed by atoms with Gasteiger partial charge in [-0.1, -0.05) is 24.2 Å². The number of hydrogen-bond donors (Lipinski definition) is 0. The molecule has 0 radical (unpaired) electrons. The number of rotatable bonds is 4. The van der Waals surface area contributed by atoms with E-state index in [-0.39, 0.29) is 11.9 Å². The van der Waals surface area contributed by atoms with Gasteiger partial charge in [-0.15, -0.1) is 10.2 Å². The van der Waals surface area contributed by atoms with Crippen LogP contribution in [-0.4, -0.2) is 32.9 Å². The molecule has 21 heavy (non-hydrogen) atoms. The van der Waals surface area contributed by atoms with Crippen molar-refractivity contribution in [3.8, 4) is 0 Å². The molecular weight excluding hydrogens is 288 g/mol. The lowest BCUT2D eigenvalue weighted by atomic mass is 9.91. The van der Waals surface area contributed by atoms with E-state index >= 15 is 0 Å². The van der Waals surface area contributed by atoms with E-state index in [1.807, 2.05) is 4.52 Å². The van der Waals surface area contributed by atoms with Crippen LogP contribution in [0.4, 0.5) is 0 Å². The van der Waals surface area contributed by atoms with Crippen molar-refractivity contribution >= 4 is 22.3 Å². The van der Waals surface area contributed by atoms with E-state index in [1.54, 1.807) is 0 Å². The second-order valence-electron chi connectivity index (χ2n) is 6.01. The van der Waals surface area contributed by atoms with Crippen molar-refractivity contribution < 1.29 is 9.53 Å². The van der Waals surface area contributed by atoms with E-state index in [1.165, 1.54) is 31.3 Å². The summed E-state index contributed by atoms with van der Waals surface area (Å²) >= 11 is 1.48. The summed E-state index contributed by atoms with van der Waals surface area (Å²) in [6.45, 7) is 0. The third-order valence-electron chi connectivity index (χ3n) is 4.57. The number of esters is 1. The molecule has 0 spiro atoms. The molecule has 0 bridgehead atoms. The van der Waals surface area contributed by atoms with Crippen LogP contribution in [0.5, 0.6) is 0 Å². The number of fused-ring (bicyclic) bond motifs is 1. The van der Waals surface area contributed by atoms with Crippen LogP contribution in [-0.2, 0) is 9.53 Å². The number of methoxy groups -OCH3 is 1. The highest BCUT2D eigenvalue weighted by Gasteiger charge is 2.37. The van der Waals surface area contributed by atoms with Gasteiger partial charge >= 0.3 is 5.97 Å². The molecule has 1 unspecified atom stereocenters. The lowest BCUT2D eigenvalue weighted by molar-refractivity contribution is -0.143. The summed E-state index contributed by atoms with van der Waals surface area (Å²) in [5.41, 5.74) is 0. The van der Waals surface area contributed by atoms with E-state index in [9.17, 15) is 4.79 Å². The van der Waals surface area contributed by atoms with Crippen LogP contribution in [0.25, 0.3) is 4.96 Å². The number of ether oxygens (including phenoxy) is 1. The smallest absolute Gasteiger partial charge is 0.315 e. The highest BCUT2D eigenvalue weighted by molar-refractivity contribution is 7.16. The lowest BCUT2D eigenvalue weighted by Gasteiger charge is -2.18. The Labute approximate surface area is 126 Å². The van der Waals surface area contributed by atoms with Crippen molar-refractivity contribution in [3.63, 3.8) is 0 Å². The first-order valence-electron chi connectivity index (χ1n) is 7.58. The van der Waals surface area contributed by atoms with Crippen LogP contribution in [0.1, 0.15) is 61.2 Å². The summed E-state index contributed by atoms with van der Waals surface area (Å²) in [6.07, 6.45) is 6.86. The zero-order valence-electron chi connectivity index (χ0n) is 12.0. The molecule has 2 aliphatic carbocycles. The molecule has 6 nitrogen and oxygen atoms in total.